The second-order valence-corrected chi connectivity index (χ2v) is 2.82. The Morgan fingerprint density at radius 2 is 2.33 bits per heavy atom. The first-order valence-electron chi connectivity index (χ1n) is 4.04. The minimum atomic E-state index is 0.811. The predicted molar refractivity (Wildman–Crippen MR) is 48.9 cm³/mol. The van der Waals surface area contributed by atoms with Crippen LogP contribution in [0.4, 0.5) is 0 Å². The zero-order valence-electron chi connectivity index (χ0n) is 6.79. The molecule has 1 aromatic carbocycles. The van der Waals surface area contributed by atoms with Crippen LogP contribution in [0.5, 0.6) is 5.75 Å². The Morgan fingerprint density at radius 3 is 3.17 bits per heavy atom. The van der Waals surface area contributed by atoms with Crippen LogP contribution in [-0.2, 0) is 6.42 Å². The standard InChI is InChI=1S/C10H11NO/c11-5-3-8-1-2-10-9(7-8)4-6-12-10/h1-3,5,7H,4,6,11H2/b5-3+. The maximum Gasteiger partial charge on any atom is 0.122 e. The highest BCUT2D eigenvalue weighted by atomic mass is 16.5. The Kier molecular flexibility index (Phi) is 1.74. The van der Waals surface area contributed by atoms with Gasteiger partial charge in [0.2, 0.25) is 0 Å². The van der Waals surface area contributed by atoms with Gasteiger partial charge in [0.05, 0.1) is 6.61 Å². The van der Waals surface area contributed by atoms with E-state index in [2.05, 4.69) is 6.07 Å². The summed E-state index contributed by atoms with van der Waals surface area (Å²) in [6, 6.07) is 6.12. The number of hydrogen-bond acceptors (Lipinski definition) is 2. The predicted octanol–water partition coefficient (Wildman–Crippen LogP) is 1.55. The molecule has 0 unspecified atom stereocenters. The number of rotatable bonds is 1. The number of hydrogen-bond donors (Lipinski definition) is 1. The first kappa shape index (κ1) is 7.22. The third-order valence-electron chi connectivity index (χ3n) is 2.00. The lowest BCUT2D eigenvalue weighted by atomic mass is 10.1. The normalized spacial score (nSPS) is 14.7. The minimum absolute atomic E-state index is 0.811. The van der Waals surface area contributed by atoms with Gasteiger partial charge in [-0.2, -0.15) is 0 Å². The molecule has 0 saturated carbocycles. The van der Waals surface area contributed by atoms with Gasteiger partial charge >= 0.3 is 0 Å². The van der Waals surface area contributed by atoms with Crippen LogP contribution >= 0.6 is 0 Å². The Labute approximate surface area is 71.6 Å². The van der Waals surface area contributed by atoms with Crippen molar-refractivity contribution in [3.63, 3.8) is 0 Å². The second-order valence-electron chi connectivity index (χ2n) is 2.82. The molecule has 0 aliphatic carbocycles. The molecule has 0 saturated heterocycles. The molecule has 12 heavy (non-hydrogen) atoms. The molecule has 0 amide bonds. The first-order valence-corrected chi connectivity index (χ1v) is 4.04. The van der Waals surface area contributed by atoms with Gasteiger partial charge in [-0.3, -0.25) is 0 Å². The molecule has 2 heteroatoms. The van der Waals surface area contributed by atoms with E-state index in [-0.39, 0.29) is 0 Å². The van der Waals surface area contributed by atoms with Crippen molar-refractivity contribution in [2.24, 2.45) is 5.73 Å². The van der Waals surface area contributed by atoms with E-state index >= 15 is 0 Å². The highest BCUT2D eigenvalue weighted by Gasteiger charge is 2.10. The monoisotopic (exact) mass is 161 g/mol. The van der Waals surface area contributed by atoms with Gasteiger partial charge in [0.25, 0.3) is 0 Å². The number of ether oxygens (including phenoxy) is 1. The van der Waals surface area contributed by atoms with Crippen LogP contribution in [0, 0.1) is 0 Å². The topological polar surface area (TPSA) is 35.2 Å². The Bertz CT molecular complexity index is 318. The van der Waals surface area contributed by atoms with Crippen molar-refractivity contribution in [2.45, 2.75) is 6.42 Å². The molecule has 1 heterocycles. The van der Waals surface area contributed by atoms with Crippen molar-refractivity contribution >= 4 is 6.08 Å². The van der Waals surface area contributed by atoms with Crippen LogP contribution in [0.25, 0.3) is 6.08 Å². The van der Waals surface area contributed by atoms with Crippen LogP contribution < -0.4 is 10.5 Å². The number of benzene rings is 1. The molecule has 2 rings (SSSR count). The van der Waals surface area contributed by atoms with E-state index in [0.29, 0.717) is 0 Å². The van der Waals surface area contributed by atoms with E-state index in [0.717, 1.165) is 24.3 Å². The average Bonchev–Trinajstić information content (AvgIpc) is 2.51. The third kappa shape index (κ3) is 1.16. The lowest BCUT2D eigenvalue weighted by molar-refractivity contribution is 0.357. The summed E-state index contributed by atoms with van der Waals surface area (Å²) in [5.74, 6) is 1.02. The fraction of sp³-hybridized carbons (Fsp3) is 0.200. The van der Waals surface area contributed by atoms with Gasteiger partial charge < -0.3 is 10.5 Å². The van der Waals surface area contributed by atoms with E-state index in [4.69, 9.17) is 10.5 Å². The summed E-state index contributed by atoms with van der Waals surface area (Å²) in [6.07, 6.45) is 4.46. The lowest BCUT2D eigenvalue weighted by Gasteiger charge is -1.98. The summed E-state index contributed by atoms with van der Waals surface area (Å²) >= 11 is 0. The van der Waals surface area contributed by atoms with Crippen LogP contribution in [0.1, 0.15) is 11.1 Å². The number of fused-ring (bicyclic) bond motifs is 1. The van der Waals surface area contributed by atoms with Crippen LogP contribution in [0.3, 0.4) is 0 Å². The largest absolute Gasteiger partial charge is 0.493 e. The van der Waals surface area contributed by atoms with Crippen molar-refractivity contribution in [3.8, 4) is 5.75 Å². The van der Waals surface area contributed by atoms with Crippen molar-refractivity contribution in [2.75, 3.05) is 6.61 Å². The summed E-state index contributed by atoms with van der Waals surface area (Å²) in [5.41, 5.74) is 7.72. The van der Waals surface area contributed by atoms with E-state index in [1.165, 1.54) is 5.56 Å². The maximum atomic E-state index is 5.38. The molecule has 0 aromatic heterocycles. The van der Waals surface area contributed by atoms with Crippen molar-refractivity contribution in [1.29, 1.82) is 0 Å². The van der Waals surface area contributed by atoms with Gasteiger partial charge in [0.15, 0.2) is 0 Å². The average molecular weight is 161 g/mol. The minimum Gasteiger partial charge on any atom is -0.493 e. The molecular formula is C10H11NO. The summed E-state index contributed by atoms with van der Waals surface area (Å²) in [6.45, 7) is 0.811. The lowest BCUT2D eigenvalue weighted by Crippen LogP contribution is -1.85. The fourth-order valence-electron chi connectivity index (χ4n) is 1.42. The highest BCUT2D eigenvalue weighted by molar-refractivity contribution is 5.53. The first-order chi connectivity index (χ1) is 5.90. The Morgan fingerprint density at radius 1 is 1.42 bits per heavy atom. The molecule has 2 N–H and O–H groups in total. The van der Waals surface area contributed by atoms with Gasteiger partial charge in [-0.15, -0.1) is 0 Å². The van der Waals surface area contributed by atoms with Crippen molar-refractivity contribution in [3.05, 3.63) is 35.5 Å². The van der Waals surface area contributed by atoms with E-state index < -0.39 is 0 Å². The molecule has 0 bridgehead atoms. The summed E-state index contributed by atoms with van der Waals surface area (Å²) in [5, 5.41) is 0. The molecule has 0 radical (unpaired) electrons. The fourth-order valence-corrected chi connectivity index (χ4v) is 1.42. The quantitative estimate of drug-likeness (QED) is 0.678. The third-order valence-corrected chi connectivity index (χ3v) is 2.00. The molecule has 0 spiro atoms. The summed E-state index contributed by atoms with van der Waals surface area (Å²) < 4.78 is 5.38. The SMILES string of the molecule is N/C=C/c1ccc2c(c1)CCO2. The Hall–Kier alpha value is -1.44. The molecule has 1 aromatic rings. The van der Waals surface area contributed by atoms with Gasteiger partial charge in [-0.1, -0.05) is 6.07 Å². The number of nitrogens with two attached hydrogens (primary N) is 1. The smallest absolute Gasteiger partial charge is 0.122 e. The summed E-state index contributed by atoms with van der Waals surface area (Å²) in [4.78, 5) is 0. The molecule has 62 valence electrons. The van der Waals surface area contributed by atoms with E-state index in [1.54, 1.807) is 6.20 Å². The van der Waals surface area contributed by atoms with Crippen LogP contribution in [-0.4, -0.2) is 6.61 Å². The van der Waals surface area contributed by atoms with Crippen LogP contribution in [0.15, 0.2) is 24.4 Å². The molecule has 1 aliphatic heterocycles. The van der Waals surface area contributed by atoms with Gasteiger partial charge in [-0.05, 0) is 35.5 Å². The van der Waals surface area contributed by atoms with E-state index in [1.807, 2.05) is 18.2 Å². The molecule has 0 fully saturated rings. The van der Waals surface area contributed by atoms with Gasteiger partial charge in [0, 0.05) is 6.42 Å². The molecule has 1 aliphatic rings. The Balaban J connectivity index is 2.38. The van der Waals surface area contributed by atoms with Gasteiger partial charge in [-0.25, -0.2) is 0 Å². The zero-order valence-corrected chi connectivity index (χ0v) is 6.79. The maximum absolute atomic E-state index is 5.38. The molecular weight excluding hydrogens is 150 g/mol. The van der Waals surface area contributed by atoms with Crippen LogP contribution in [0.2, 0.25) is 0 Å². The van der Waals surface area contributed by atoms with Gasteiger partial charge in [0.1, 0.15) is 5.75 Å². The molecule has 2 nitrogen and oxygen atoms in total. The van der Waals surface area contributed by atoms with Crippen molar-refractivity contribution < 1.29 is 4.74 Å². The highest BCUT2D eigenvalue weighted by Crippen LogP contribution is 2.25. The van der Waals surface area contributed by atoms with Crippen molar-refractivity contribution in [1.82, 2.24) is 0 Å². The summed E-state index contributed by atoms with van der Waals surface area (Å²) in [7, 11) is 0. The second kappa shape index (κ2) is 2.89. The van der Waals surface area contributed by atoms with E-state index in [9.17, 15) is 0 Å². The molecule has 0 atom stereocenters. The zero-order chi connectivity index (χ0) is 8.39.